The van der Waals surface area contributed by atoms with Crippen LogP contribution < -0.4 is 0 Å². The predicted molar refractivity (Wildman–Crippen MR) is 211 cm³/mol. The first kappa shape index (κ1) is 31.0. The van der Waals surface area contributed by atoms with Crippen LogP contribution in [-0.4, -0.2) is 21.6 Å². The third-order valence-electron chi connectivity index (χ3n) is 14.0. The molecule has 0 radical (unpaired) electrons. The van der Waals surface area contributed by atoms with Gasteiger partial charge in [0.2, 0.25) is 0 Å². The number of allylic oxidation sites excluding steroid dienone is 14. The van der Waals surface area contributed by atoms with Crippen LogP contribution in [-0.2, 0) is 6.42 Å². The molecule has 1 aromatic carbocycles. The summed E-state index contributed by atoms with van der Waals surface area (Å²) in [4.78, 5) is 2.87. The molecule has 0 bridgehead atoms. The van der Waals surface area contributed by atoms with Crippen molar-refractivity contribution in [1.29, 1.82) is 0 Å². The number of benzene rings is 1. The summed E-state index contributed by atoms with van der Waals surface area (Å²) in [5, 5.41) is 1.51. The Morgan fingerprint density at radius 1 is 0.700 bits per heavy atom. The molecule has 8 aliphatic rings. The molecule has 0 N–H and O–H groups in total. The zero-order chi connectivity index (χ0) is 33.0. The lowest BCUT2D eigenvalue weighted by Crippen LogP contribution is -2.39. The first-order valence-corrected chi connectivity index (χ1v) is 20.4. The monoisotopic (exact) mass is 658 g/mol. The van der Waals surface area contributed by atoms with Crippen molar-refractivity contribution >= 4 is 22.7 Å². The van der Waals surface area contributed by atoms with Crippen LogP contribution in [0.4, 0.5) is 0 Å². The van der Waals surface area contributed by atoms with E-state index in [2.05, 4.69) is 113 Å². The van der Waals surface area contributed by atoms with Crippen molar-refractivity contribution in [2.75, 3.05) is 0 Å². The third-order valence-corrected chi connectivity index (χ3v) is 14.0. The molecule has 0 saturated carbocycles. The number of aryl methyl sites for hydroxylation is 1. The molecule has 2 heterocycles. The van der Waals surface area contributed by atoms with Gasteiger partial charge in [-0.2, -0.15) is 0 Å². The average molecular weight is 659 g/mol. The van der Waals surface area contributed by atoms with E-state index >= 15 is 0 Å². The molecule has 7 atom stereocenters. The summed E-state index contributed by atoms with van der Waals surface area (Å²) in [6.45, 7) is 0. The molecule has 2 aromatic rings. The Morgan fingerprint density at radius 2 is 1.66 bits per heavy atom. The Hall–Kier alpha value is -3.78. The maximum Gasteiger partial charge on any atom is 0.0534 e. The summed E-state index contributed by atoms with van der Waals surface area (Å²) in [5.74, 6) is 3.42. The fourth-order valence-electron chi connectivity index (χ4n) is 11.5. The van der Waals surface area contributed by atoms with Gasteiger partial charge in [0.25, 0.3) is 0 Å². The summed E-state index contributed by atoms with van der Waals surface area (Å²) in [7, 11) is 0. The highest BCUT2D eigenvalue weighted by Crippen LogP contribution is 2.52. The van der Waals surface area contributed by atoms with Gasteiger partial charge in [-0.25, -0.2) is 0 Å². The SMILES string of the molecule is C1=CCC(N2C3=CCC(C4=CCC(c5ccc6c(c5)c5c(n6C6=CC=C(C7C=CCCC7)CC6)C=CCC5)CC4)CC3C3C=CCCC32)C=C1. The van der Waals surface area contributed by atoms with Crippen LogP contribution in [0.1, 0.15) is 113 Å². The quantitative estimate of drug-likeness (QED) is 0.290. The highest BCUT2D eigenvalue weighted by Gasteiger charge is 2.48. The van der Waals surface area contributed by atoms with Crippen LogP contribution >= 0.6 is 0 Å². The van der Waals surface area contributed by atoms with Gasteiger partial charge in [-0.05, 0) is 149 Å². The molecular formula is C48H54N2. The van der Waals surface area contributed by atoms with Crippen molar-refractivity contribution in [2.45, 2.75) is 114 Å². The van der Waals surface area contributed by atoms with Gasteiger partial charge in [0.15, 0.2) is 0 Å². The van der Waals surface area contributed by atoms with Gasteiger partial charge >= 0.3 is 0 Å². The van der Waals surface area contributed by atoms with E-state index in [1.54, 1.807) is 28.0 Å². The summed E-state index contributed by atoms with van der Waals surface area (Å²) < 4.78 is 2.62. The van der Waals surface area contributed by atoms with Crippen molar-refractivity contribution in [3.8, 4) is 0 Å². The molecule has 7 unspecified atom stereocenters. The van der Waals surface area contributed by atoms with Crippen LogP contribution in [0.5, 0.6) is 0 Å². The van der Waals surface area contributed by atoms with E-state index in [4.69, 9.17) is 0 Å². The minimum absolute atomic E-state index is 0.547. The number of aromatic nitrogens is 1. The molecule has 10 rings (SSSR count). The van der Waals surface area contributed by atoms with Gasteiger partial charge in [-0.15, -0.1) is 0 Å². The lowest BCUT2D eigenvalue weighted by Gasteiger charge is -2.38. The Labute approximate surface area is 300 Å². The molecule has 0 spiro atoms. The molecule has 2 heteroatoms. The first-order chi connectivity index (χ1) is 24.8. The first-order valence-electron chi connectivity index (χ1n) is 20.4. The minimum atomic E-state index is 0.547. The van der Waals surface area contributed by atoms with Gasteiger partial charge in [-0.3, -0.25) is 0 Å². The fourth-order valence-corrected chi connectivity index (χ4v) is 11.5. The zero-order valence-electron chi connectivity index (χ0n) is 29.9. The summed E-state index contributed by atoms with van der Waals surface area (Å²) in [5.41, 5.74) is 12.6. The van der Waals surface area contributed by atoms with E-state index in [0.29, 0.717) is 35.8 Å². The minimum Gasteiger partial charge on any atom is -0.364 e. The topological polar surface area (TPSA) is 8.17 Å². The van der Waals surface area contributed by atoms with Gasteiger partial charge < -0.3 is 9.47 Å². The van der Waals surface area contributed by atoms with Gasteiger partial charge in [0.1, 0.15) is 0 Å². The second-order valence-corrected chi connectivity index (χ2v) is 16.6. The molecule has 256 valence electrons. The largest absolute Gasteiger partial charge is 0.364 e. The summed E-state index contributed by atoms with van der Waals surface area (Å²) in [6.07, 6.45) is 53.0. The molecule has 1 aliphatic heterocycles. The number of nitrogens with zero attached hydrogens (tertiary/aromatic N) is 2. The Bertz CT molecular complexity index is 1950. The van der Waals surface area contributed by atoms with Crippen molar-refractivity contribution in [3.63, 3.8) is 0 Å². The van der Waals surface area contributed by atoms with Gasteiger partial charge in [-0.1, -0.05) is 90.1 Å². The maximum atomic E-state index is 2.87. The van der Waals surface area contributed by atoms with Crippen molar-refractivity contribution in [2.24, 2.45) is 23.7 Å². The summed E-state index contributed by atoms with van der Waals surface area (Å²) >= 11 is 0. The number of likely N-dealkylation sites (tertiary alicyclic amines) is 1. The van der Waals surface area contributed by atoms with Crippen molar-refractivity contribution in [3.05, 3.63) is 131 Å². The Kier molecular flexibility index (Phi) is 8.11. The number of fused-ring (bicyclic) bond motifs is 6. The molecule has 1 aromatic heterocycles. The van der Waals surface area contributed by atoms with Crippen LogP contribution in [0, 0.1) is 23.7 Å². The Morgan fingerprint density at radius 3 is 2.50 bits per heavy atom. The van der Waals surface area contributed by atoms with E-state index in [-0.39, 0.29) is 0 Å². The summed E-state index contributed by atoms with van der Waals surface area (Å²) in [6, 6.07) is 8.81. The van der Waals surface area contributed by atoms with Crippen LogP contribution in [0.3, 0.4) is 0 Å². The van der Waals surface area contributed by atoms with Crippen LogP contribution in [0.2, 0.25) is 0 Å². The second kappa shape index (κ2) is 13.1. The zero-order valence-corrected chi connectivity index (χ0v) is 29.9. The molecule has 0 amide bonds. The molecule has 2 nitrogen and oxygen atoms in total. The second-order valence-electron chi connectivity index (χ2n) is 16.6. The Balaban J connectivity index is 0.887. The smallest absolute Gasteiger partial charge is 0.0534 e. The maximum absolute atomic E-state index is 2.87. The molecular weight excluding hydrogens is 605 g/mol. The number of hydrogen-bond donors (Lipinski definition) is 0. The van der Waals surface area contributed by atoms with Crippen molar-refractivity contribution in [1.82, 2.24) is 9.47 Å². The van der Waals surface area contributed by atoms with E-state index in [1.807, 2.05) is 0 Å². The van der Waals surface area contributed by atoms with E-state index in [9.17, 15) is 0 Å². The number of hydrogen-bond acceptors (Lipinski definition) is 1. The highest BCUT2D eigenvalue weighted by molar-refractivity contribution is 5.92. The van der Waals surface area contributed by atoms with E-state index in [0.717, 1.165) is 31.6 Å². The standard InChI is InChI=1S/C48H54N2/c1-3-11-33(12-4-1)34-23-27-40(28-24-34)50-46-18-10-8-16-42(46)44-32-38(26-30-48(44)50)36-21-19-35(20-22-36)37-25-29-47-43(31-37)41-15-7-9-17-45(41)49(47)39-13-5-2-6-14-39/h2-3,5-7,10-11,13,15,18-19,23,26-27,29-30,32-33,36-37,39,41,43,45H,1,4,8-9,12,14,16-17,20-22,24-25,28,31H2. The van der Waals surface area contributed by atoms with Crippen LogP contribution in [0.15, 0.2) is 114 Å². The van der Waals surface area contributed by atoms with Gasteiger partial charge in [0.05, 0.1) is 11.6 Å². The van der Waals surface area contributed by atoms with Crippen LogP contribution in [0.25, 0.3) is 22.7 Å². The number of rotatable bonds is 5. The predicted octanol–water partition coefficient (Wildman–Crippen LogP) is 12.2. The highest BCUT2D eigenvalue weighted by atomic mass is 15.2. The lowest BCUT2D eigenvalue weighted by atomic mass is 9.71. The van der Waals surface area contributed by atoms with E-state index in [1.165, 1.54) is 92.9 Å². The fraction of sp³-hybridized carbons (Fsp3) is 0.458. The third kappa shape index (κ3) is 5.35. The molecule has 1 saturated heterocycles. The average Bonchev–Trinajstić information content (AvgIpc) is 3.71. The van der Waals surface area contributed by atoms with Gasteiger partial charge in [0, 0.05) is 40.4 Å². The van der Waals surface area contributed by atoms with E-state index < -0.39 is 0 Å². The lowest BCUT2D eigenvalue weighted by molar-refractivity contribution is 0.214. The molecule has 7 aliphatic carbocycles. The molecule has 50 heavy (non-hydrogen) atoms. The normalized spacial score (nSPS) is 33.0. The molecule has 1 fully saturated rings. The van der Waals surface area contributed by atoms with Crippen molar-refractivity contribution < 1.29 is 0 Å².